The molecule has 104 valence electrons. The van der Waals surface area contributed by atoms with Crippen molar-refractivity contribution in [2.24, 2.45) is 0 Å². The van der Waals surface area contributed by atoms with Crippen LogP contribution in [0.15, 0.2) is 48.5 Å². The maximum absolute atomic E-state index is 12.4. The molecular weight excluding hydrogens is 250 g/mol. The van der Waals surface area contributed by atoms with Crippen LogP contribution in [0.2, 0.25) is 0 Å². The maximum Gasteiger partial charge on any atom is 0.185 e. The summed E-state index contributed by atoms with van der Waals surface area (Å²) >= 11 is 0. The third-order valence-corrected chi connectivity index (χ3v) is 3.31. The number of para-hydroxylation sites is 2. The second-order valence-electron chi connectivity index (χ2n) is 4.77. The normalized spacial score (nSPS) is 10.2. The second kappa shape index (κ2) is 6.24. The van der Waals surface area contributed by atoms with Crippen LogP contribution in [0.1, 0.15) is 15.9 Å². The summed E-state index contributed by atoms with van der Waals surface area (Å²) in [7, 11) is 3.51. The number of likely N-dealkylation sites (N-methyl/N-ethyl adjacent to an activating group) is 1. The van der Waals surface area contributed by atoms with Gasteiger partial charge >= 0.3 is 0 Å². The number of carbonyl (C=O) groups excluding carboxylic acids is 1. The SMILES string of the molecule is COc1ccccc1C(=O)CN(C)c1ccccc1C. The van der Waals surface area contributed by atoms with Crippen LogP contribution in [0.5, 0.6) is 5.75 Å². The van der Waals surface area contributed by atoms with E-state index in [-0.39, 0.29) is 5.78 Å². The van der Waals surface area contributed by atoms with Crippen molar-refractivity contribution >= 4 is 11.5 Å². The van der Waals surface area contributed by atoms with Gasteiger partial charge in [-0.2, -0.15) is 0 Å². The van der Waals surface area contributed by atoms with Gasteiger partial charge in [0.2, 0.25) is 0 Å². The van der Waals surface area contributed by atoms with Gasteiger partial charge in [0.1, 0.15) is 5.75 Å². The molecule has 0 radical (unpaired) electrons. The van der Waals surface area contributed by atoms with E-state index in [2.05, 4.69) is 0 Å². The van der Waals surface area contributed by atoms with E-state index in [1.165, 1.54) is 0 Å². The molecule has 2 aromatic rings. The average Bonchev–Trinajstić information content (AvgIpc) is 2.47. The van der Waals surface area contributed by atoms with Crippen molar-refractivity contribution in [3.05, 3.63) is 59.7 Å². The number of rotatable bonds is 5. The first-order chi connectivity index (χ1) is 9.63. The van der Waals surface area contributed by atoms with Gasteiger partial charge in [-0.05, 0) is 30.7 Å². The lowest BCUT2D eigenvalue weighted by Gasteiger charge is -2.21. The number of anilines is 1. The predicted octanol–water partition coefficient (Wildman–Crippen LogP) is 3.32. The minimum Gasteiger partial charge on any atom is -0.496 e. The largest absolute Gasteiger partial charge is 0.496 e. The van der Waals surface area contributed by atoms with Crippen LogP contribution < -0.4 is 9.64 Å². The molecule has 20 heavy (non-hydrogen) atoms. The van der Waals surface area contributed by atoms with E-state index >= 15 is 0 Å². The number of ether oxygens (including phenoxy) is 1. The Hall–Kier alpha value is -2.29. The van der Waals surface area contributed by atoms with E-state index < -0.39 is 0 Å². The maximum atomic E-state index is 12.4. The molecule has 0 saturated heterocycles. The molecule has 2 aromatic carbocycles. The monoisotopic (exact) mass is 269 g/mol. The Morgan fingerprint density at radius 3 is 2.45 bits per heavy atom. The minimum absolute atomic E-state index is 0.0493. The van der Waals surface area contributed by atoms with Crippen molar-refractivity contribution < 1.29 is 9.53 Å². The molecule has 3 nitrogen and oxygen atoms in total. The van der Waals surface area contributed by atoms with E-state index in [9.17, 15) is 4.79 Å². The first kappa shape index (κ1) is 14.1. The summed E-state index contributed by atoms with van der Waals surface area (Å²) in [5, 5.41) is 0. The molecule has 2 rings (SSSR count). The molecule has 3 heteroatoms. The van der Waals surface area contributed by atoms with Gasteiger partial charge in [-0.3, -0.25) is 4.79 Å². The molecule has 0 saturated carbocycles. The molecule has 0 aromatic heterocycles. The molecule has 0 aliphatic rings. The molecule has 0 aliphatic carbocycles. The van der Waals surface area contributed by atoms with Gasteiger partial charge < -0.3 is 9.64 Å². The van der Waals surface area contributed by atoms with Gasteiger partial charge in [0.15, 0.2) is 5.78 Å². The van der Waals surface area contributed by atoms with E-state index in [1.807, 2.05) is 55.3 Å². The van der Waals surface area contributed by atoms with Gasteiger partial charge in [0.05, 0.1) is 19.2 Å². The first-order valence-corrected chi connectivity index (χ1v) is 6.56. The number of benzene rings is 2. The highest BCUT2D eigenvalue weighted by Crippen LogP contribution is 2.21. The van der Waals surface area contributed by atoms with Crippen LogP contribution in [-0.4, -0.2) is 26.5 Å². The fourth-order valence-corrected chi connectivity index (χ4v) is 2.25. The zero-order valence-corrected chi connectivity index (χ0v) is 12.1. The molecular formula is C17H19NO2. The molecule has 0 aliphatic heterocycles. The van der Waals surface area contributed by atoms with Crippen molar-refractivity contribution in [3.63, 3.8) is 0 Å². The third-order valence-electron chi connectivity index (χ3n) is 3.31. The second-order valence-corrected chi connectivity index (χ2v) is 4.77. The van der Waals surface area contributed by atoms with Crippen molar-refractivity contribution in [1.82, 2.24) is 0 Å². The van der Waals surface area contributed by atoms with E-state index in [0.717, 1.165) is 11.3 Å². The Labute approximate surface area is 119 Å². The molecule has 0 atom stereocenters. The summed E-state index contributed by atoms with van der Waals surface area (Å²) in [6.45, 7) is 2.37. The number of hydrogen-bond donors (Lipinski definition) is 0. The number of Topliss-reactive ketones (excluding diaryl/α,β-unsaturated/α-hetero) is 1. The molecule has 0 heterocycles. The zero-order chi connectivity index (χ0) is 14.5. The Bertz CT molecular complexity index is 607. The van der Waals surface area contributed by atoms with Gasteiger partial charge in [0, 0.05) is 12.7 Å². The quantitative estimate of drug-likeness (QED) is 0.780. The molecule has 0 bridgehead atoms. The molecule has 0 N–H and O–H groups in total. The molecule has 0 spiro atoms. The van der Waals surface area contributed by atoms with Crippen molar-refractivity contribution in [2.75, 3.05) is 25.6 Å². The molecule has 0 amide bonds. The fraction of sp³-hybridized carbons (Fsp3) is 0.235. The Balaban J connectivity index is 2.18. The summed E-state index contributed by atoms with van der Waals surface area (Å²) in [5.41, 5.74) is 2.84. The highest BCUT2D eigenvalue weighted by Gasteiger charge is 2.14. The number of methoxy groups -OCH3 is 1. The first-order valence-electron chi connectivity index (χ1n) is 6.56. The summed E-state index contributed by atoms with van der Waals surface area (Å²) in [4.78, 5) is 14.4. The predicted molar refractivity (Wildman–Crippen MR) is 81.8 cm³/mol. The lowest BCUT2D eigenvalue weighted by atomic mass is 10.1. The van der Waals surface area contributed by atoms with Crippen LogP contribution in [0.4, 0.5) is 5.69 Å². The highest BCUT2D eigenvalue weighted by molar-refractivity contribution is 6.01. The topological polar surface area (TPSA) is 29.5 Å². The summed E-state index contributed by atoms with van der Waals surface area (Å²) < 4.78 is 5.24. The van der Waals surface area contributed by atoms with Crippen molar-refractivity contribution in [1.29, 1.82) is 0 Å². The summed E-state index contributed by atoms with van der Waals surface area (Å²) in [6.07, 6.45) is 0. The summed E-state index contributed by atoms with van der Waals surface area (Å²) in [5.74, 6) is 0.670. The number of nitrogens with zero attached hydrogens (tertiary/aromatic N) is 1. The minimum atomic E-state index is 0.0493. The summed E-state index contributed by atoms with van der Waals surface area (Å²) in [6, 6.07) is 15.4. The standard InChI is InChI=1S/C17H19NO2/c1-13-8-4-6-10-15(13)18(2)12-16(19)14-9-5-7-11-17(14)20-3/h4-11H,12H2,1-3H3. The van der Waals surface area contributed by atoms with E-state index in [4.69, 9.17) is 4.74 Å². The number of aryl methyl sites for hydroxylation is 1. The van der Waals surface area contributed by atoms with Gasteiger partial charge in [0.25, 0.3) is 0 Å². The smallest absolute Gasteiger partial charge is 0.185 e. The van der Waals surface area contributed by atoms with Crippen LogP contribution in [0.3, 0.4) is 0 Å². The van der Waals surface area contributed by atoms with E-state index in [1.54, 1.807) is 19.2 Å². The van der Waals surface area contributed by atoms with E-state index in [0.29, 0.717) is 17.9 Å². The van der Waals surface area contributed by atoms with Gasteiger partial charge in [-0.25, -0.2) is 0 Å². The number of hydrogen-bond acceptors (Lipinski definition) is 3. The zero-order valence-electron chi connectivity index (χ0n) is 12.1. The number of carbonyl (C=O) groups is 1. The highest BCUT2D eigenvalue weighted by atomic mass is 16.5. The third kappa shape index (κ3) is 2.99. The molecule has 0 unspecified atom stereocenters. The Morgan fingerprint density at radius 1 is 1.10 bits per heavy atom. The van der Waals surface area contributed by atoms with Crippen LogP contribution in [0, 0.1) is 6.92 Å². The van der Waals surface area contributed by atoms with Gasteiger partial charge in [-0.15, -0.1) is 0 Å². The van der Waals surface area contributed by atoms with Crippen molar-refractivity contribution in [2.45, 2.75) is 6.92 Å². The fourth-order valence-electron chi connectivity index (χ4n) is 2.25. The lowest BCUT2D eigenvalue weighted by Crippen LogP contribution is -2.26. The van der Waals surface area contributed by atoms with Crippen LogP contribution in [0.25, 0.3) is 0 Å². The van der Waals surface area contributed by atoms with Crippen LogP contribution >= 0.6 is 0 Å². The molecule has 0 fully saturated rings. The lowest BCUT2D eigenvalue weighted by molar-refractivity contribution is 0.0997. The van der Waals surface area contributed by atoms with Crippen LogP contribution in [-0.2, 0) is 0 Å². The Kier molecular flexibility index (Phi) is 4.41. The average molecular weight is 269 g/mol. The van der Waals surface area contributed by atoms with Gasteiger partial charge in [-0.1, -0.05) is 30.3 Å². The van der Waals surface area contributed by atoms with Crippen molar-refractivity contribution in [3.8, 4) is 5.75 Å². The Morgan fingerprint density at radius 2 is 1.75 bits per heavy atom. The number of ketones is 1.